The van der Waals surface area contributed by atoms with Crippen LogP contribution in [0.4, 0.5) is 45.5 Å². The molecular weight excluding hydrogens is 896 g/mol. The molecule has 4 nitrogen and oxygen atoms in total. The van der Waals surface area contributed by atoms with E-state index in [9.17, 15) is 0 Å². The molecule has 0 aliphatic carbocycles. The molecule has 0 aliphatic heterocycles. The summed E-state index contributed by atoms with van der Waals surface area (Å²) in [5.41, 5.74) is 9.32. The van der Waals surface area contributed by atoms with E-state index in [2.05, 4.69) is 262 Å². The quantitative estimate of drug-likeness (QED) is 0.0706. The molecule has 0 heterocycles. The Hall–Kier alpha value is -7.11. The fraction of sp³-hybridized carbons (Fsp3) is 0.290. The van der Waals surface area contributed by atoms with Crippen molar-refractivity contribution < 1.29 is 0 Å². The lowest BCUT2D eigenvalue weighted by atomic mass is 9.23. The molecule has 0 saturated heterocycles. The lowest BCUT2D eigenvalue weighted by Gasteiger charge is -2.52. The first kappa shape index (κ1) is 69.0. The van der Waals surface area contributed by atoms with Crippen molar-refractivity contribution in [3.63, 3.8) is 0 Å². The van der Waals surface area contributed by atoms with Gasteiger partial charge in [-0.1, -0.05) is 282 Å². The van der Waals surface area contributed by atoms with E-state index in [1.54, 1.807) is 0 Å². The summed E-state index contributed by atoms with van der Waals surface area (Å²) in [5.74, 6) is 0. The number of nitrogens with zero attached hydrogens (tertiary/aromatic N) is 4. The van der Waals surface area contributed by atoms with Crippen LogP contribution in [-0.2, 0) is 0 Å². The van der Waals surface area contributed by atoms with Crippen molar-refractivity contribution in [3.05, 3.63) is 250 Å². The maximum atomic E-state index is 2.55. The van der Waals surface area contributed by atoms with Crippen LogP contribution in [0.2, 0.25) is 0 Å². The van der Waals surface area contributed by atoms with E-state index in [1.807, 2.05) is 111 Å². The second-order valence-electron chi connectivity index (χ2n) is 14.9. The maximum absolute atomic E-state index is 2.55. The fourth-order valence-corrected chi connectivity index (χ4v) is 8.20. The highest BCUT2D eigenvalue weighted by Crippen LogP contribution is 2.36. The number of hydrogen-bond donors (Lipinski definition) is 0. The number of benzene rings is 8. The predicted molar refractivity (Wildman–Crippen MR) is 343 cm³/mol. The molecule has 5 heteroatoms. The Morgan fingerprint density at radius 2 is 0.284 bits per heavy atom. The van der Waals surface area contributed by atoms with E-state index in [1.165, 1.54) is 0 Å². The Kier molecular flexibility index (Phi) is 41.6. The van der Waals surface area contributed by atoms with Crippen molar-refractivity contribution in [3.8, 4) is 0 Å². The zero-order valence-electron chi connectivity index (χ0n) is 49.3. The smallest absolute Gasteiger partial charge is 0.0837 e. The molecule has 8 rings (SSSR count). The summed E-state index contributed by atoms with van der Waals surface area (Å²) >= 11 is 0. The van der Waals surface area contributed by atoms with Gasteiger partial charge in [-0.2, -0.15) is 0 Å². The molecule has 0 bridgehead atoms. The molecule has 0 amide bonds. The number of rotatable bonds is 16. The number of para-hydroxylation sites is 8. The molecule has 0 fully saturated rings. The SMILES string of the molecule is CC.CC.CC.CC.CC.CC.CC.CC.[CH3+].c1ccc(N(C[B-](CN(c2ccccc2)c2ccccc2)(CN(c2ccccc2)c2ccccc2)CN(c2ccccc2)c2ccccc2)c2ccccc2)cc1. The highest BCUT2D eigenvalue weighted by Gasteiger charge is 2.36. The molecule has 0 atom stereocenters. The highest BCUT2D eigenvalue weighted by molar-refractivity contribution is 6.82. The van der Waals surface area contributed by atoms with Crippen molar-refractivity contribution in [2.45, 2.75) is 111 Å². The summed E-state index contributed by atoms with van der Waals surface area (Å²) < 4.78 is 0. The van der Waals surface area contributed by atoms with Gasteiger partial charge in [-0.05, 0) is 97.1 Å². The molecule has 8 aromatic carbocycles. The van der Waals surface area contributed by atoms with Gasteiger partial charge in [0.1, 0.15) is 0 Å². The Balaban J connectivity index is 0. The van der Waals surface area contributed by atoms with E-state index in [-0.39, 0.29) is 7.43 Å². The van der Waals surface area contributed by atoms with Gasteiger partial charge in [0.2, 0.25) is 0 Å². The zero-order chi connectivity index (χ0) is 54.5. The first-order valence-corrected chi connectivity index (χ1v) is 28.0. The van der Waals surface area contributed by atoms with Crippen LogP contribution in [0.25, 0.3) is 0 Å². The normalized spacial score (nSPS) is 9.19. The third kappa shape index (κ3) is 22.3. The Morgan fingerprint density at radius 3 is 0.378 bits per heavy atom. The second kappa shape index (κ2) is 44.6. The topological polar surface area (TPSA) is 13.0 Å². The molecule has 0 radical (unpaired) electrons. The second-order valence-corrected chi connectivity index (χ2v) is 14.9. The molecule has 0 spiro atoms. The zero-order valence-corrected chi connectivity index (χ0v) is 49.3. The van der Waals surface area contributed by atoms with Crippen LogP contribution in [0.5, 0.6) is 0 Å². The van der Waals surface area contributed by atoms with Crippen LogP contribution in [0.1, 0.15) is 111 Å². The Morgan fingerprint density at radius 1 is 0.189 bits per heavy atom. The van der Waals surface area contributed by atoms with Crippen molar-refractivity contribution in [1.29, 1.82) is 0 Å². The maximum Gasteiger partial charge on any atom is 0.0837 e. The lowest BCUT2D eigenvalue weighted by Crippen LogP contribution is -2.65. The summed E-state index contributed by atoms with van der Waals surface area (Å²) in [6.07, 6.45) is 1.52. The van der Waals surface area contributed by atoms with Crippen molar-refractivity contribution in [1.82, 2.24) is 0 Å². The molecule has 74 heavy (non-hydrogen) atoms. The number of hydrogen-bond acceptors (Lipinski definition) is 4. The Labute approximate surface area is 455 Å². The van der Waals surface area contributed by atoms with Gasteiger partial charge >= 0.3 is 0 Å². The minimum Gasteiger partial charge on any atom is -0.377 e. The summed E-state index contributed by atoms with van der Waals surface area (Å²) in [7, 11) is 0. The molecular formula is C69H99BN4. The predicted octanol–water partition coefficient (Wildman–Crippen LogP) is 21.6. The van der Waals surface area contributed by atoms with Crippen LogP contribution < -0.4 is 19.6 Å². The molecule has 0 saturated carbocycles. The molecule has 398 valence electrons. The van der Waals surface area contributed by atoms with Gasteiger partial charge in [0.05, 0.1) is 6.15 Å². The lowest BCUT2D eigenvalue weighted by molar-refractivity contribution is 0.961. The van der Waals surface area contributed by atoms with Crippen molar-refractivity contribution in [2.24, 2.45) is 0 Å². The van der Waals surface area contributed by atoms with Gasteiger partial charge in [0, 0.05) is 52.9 Å². The third-order valence-corrected chi connectivity index (χ3v) is 10.8. The standard InChI is InChI=1S/C52H48BN4.8C2H6.CH3/c1-9-25-45(26-10-1)54(46-27-11-2-12-28-46)41-53(42-55(47-29-13-3-14-30-47)48-31-15-4-16-32-48,43-56(49-33-17-5-18-34-49)50-35-19-6-20-36-50)44-57(51-37-21-7-22-38-51)52-39-23-8-24-40-52;8*1-2;/h1-40H,41-44H2;8*1-2H3;1H3/q-1;;;;;;;;;+1. The van der Waals surface area contributed by atoms with E-state index < -0.39 is 6.15 Å². The first-order chi connectivity index (χ1) is 36.2. The van der Waals surface area contributed by atoms with E-state index in [0.29, 0.717) is 0 Å². The van der Waals surface area contributed by atoms with Gasteiger partial charge in [-0.3, -0.25) is 0 Å². The van der Waals surface area contributed by atoms with Crippen LogP contribution >= 0.6 is 0 Å². The van der Waals surface area contributed by atoms with E-state index in [0.717, 1.165) is 71.3 Å². The van der Waals surface area contributed by atoms with E-state index in [4.69, 9.17) is 0 Å². The summed E-state index contributed by atoms with van der Waals surface area (Å²) in [6.45, 7) is 32.0. The van der Waals surface area contributed by atoms with Gasteiger partial charge in [0.15, 0.2) is 0 Å². The summed E-state index contributed by atoms with van der Waals surface area (Å²) in [6, 6.07) is 87.3. The minimum absolute atomic E-state index is 0. The highest BCUT2D eigenvalue weighted by atomic mass is 15.2. The van der Waals surface area contributed by atoms with Crippen molar-refractivity contribution in [2.75, 3.05) is 45.4 Å². The largest absolute Gasteiger partial charge is 0.377 e. The molecule has 0 aliphatic rings. The summed E-state index contributed by atoms with van der Waals surface area (Å²) in [5, 5.41) is 0. The molecule has 8 aromatic rings. The van der Waals surface area contributed by atoms with Crippen molar-refractivity contribution >= 4 is 51.6 Å². The van der Waals surface area contributed by atoms with E-state index >= 15 is 0 Å². The van der Waals surface area contributed by atoms with Crippen LogP contribution in [0, 0.1) is 7.43 Å². The van der Waals surface area contributed by atoms with Gasteiger partial charge in [0.25, 0.3) is 0 Å². The number of anilines is 8. The average molecular weight is 995 g/mol. The van der Waals surface area contributed by atoms with Gasteiger partial charge in [-0.25, -0.2) is 0 Å². The average Bonchev–Trinajstić information content (AvgIpc) is 3.52. The first-order valence-electron chi connectivity index (χ1n) is 28.0. The Bertz CT molecular complexity index is 1850. The monoisotopic (exact) mass is 995 g/mol. The van der Waals surface area contributed by atoms with Gasteiger partial charge < -0.3 is 19.6 Å². The van der Waals surface area contributed by atoms with Crippen LogP contribution in [-0.4, -0.2) is 31.9 Å². The molecule has 0 N–H and O–H groups in total. The summed E-state index contributed by atoms with van der Waals surface area (Å²) in [4.78, 5) is 10.2. The molecule has 0 aromatic heterocycles. The van der Waals surface area contributed by atoms with Crippen LogP contribution in [0.3, 0.4) is 0 Å². The van der Waals surface area contributed by atoms with Crippen LogP contribution in [0.15, 0.2) is 243 Å². The van der Waals surface area contributed by atoms with Gasteiger partial charge in [-0.15, -0.1) is 0 Å². The fourth-order valence-electron chi connectivity index (χ4n) is 8.20. The third-order valence-electron chi connectivity index (χ3n) is 10.8. The molecule has 0 unspecified atom stereocenters. The minimum atomic E-state index is -1.53.